The largest absolute Gasteiger partial charge is 0.489 e. The van der Waals surface area contributed by atoms with Gasteiger partial charge in [0, 0.05) is 0 Å². The minimum absolute atomic E-state index is 0.0841. The van der Waals surface area contributed by atoms with Crippen LogP contribution >= 0.6 is 0 Å². The SMILES string of the molecule is CCOC(=O)N(N)c1ccc(OCc2ccc(F)c(F)c2)cc1. The summed E-state index contributed by atoms with van der Waals surface area (Å²) in [6.07, 6.45) is -0.664. The number of anilines is 1. The Morgan fingerprint density at radius 1 is 1.13 bits per heavy atom. The lowest BCUT2D eigenvalue weighted by Gasteiger charge is -2.16. The number of hydrogen-bond acceptors (Lipinski definition) is 4. The van der Waals surface area contributed by atoms with Crippen molar-refractivity contribution in [3.05, 3.63) is 59.7 Å². The lowest BCUT2D eigenvalue weighted by atomic mass is 10.2. The summed E-state index contributed by atoms with van der Waals surface area (Å²) in [7, 11) is 0. The van der Waals surface area contributed by atoms with E-state index in [0.717, 1.165) is 17.1 Å². The molecule has 0 bridgehead atoms. The van der Waals surface area contributed by atoms with Gasteiger partial charge in [0.25, 0.3) is 0 Å². The number of benzene rings is 2. The Morgan fingerprint density at radius 3 is 2.43 bits per heavy atom. The highest BCUT2D eigenvalue weighted by Crippen LogP contribution is 2.19. The Morgan fingerprint density at radius 2 is 1.83 bits per heavy atom. The maximum atomic E-state index is 13.1. The second-order valence-electron chi connectivity index (χ2n) is 4.60. The molecule has 23 heavy (non-hydrogen) atoms. The standard InChI is InChI=1S/C16H16F2N2O3/c1-2-22-16(21)20(19)12-4-6-13(7-5-12)23-10-11-3-8-14(17)15(18)9-11/h3-9H,2,10,19H2,1H3. The van der Waals surface area contributed by atoms with Crippen molar-refractivity contribution < 1.29 is 23.0 Å². The van der Waals surface area contributed by atoms with Gasteiger partial charge in [-0.15, -0.1) is 0 Å². The summed E-state index contributed by atoms with van der Waals surface area (Å²) >= 11 is 0. The molecule has 0 atom stereocenters. The van der Waals surface area contributed by atoms with E-state index in [4.69, 9.17) is 15.3 Å². The van der Waals surface area contributed by atoms with Crippen LogP contribution in [0.5, 0.6) is 5.75 Å². The number of hydrogen-bond donors (Lipinski definition) is 1. The minimum atomic E-state index is -0.922. The van der Waals surface area contributed by atoms with Crippen LogP contribution in [0.15, 0.2) is 42.5 Å². The van der Waals surface area contributed by atoms with Crippen molar-refractivity contribution in [2.45, 2.75) is 13.5 Å². The molecule has 1 amide bonds. The molecule has 0 saturated carbocycles. The van der Waals surface area contributed by atoms with Crippen molar-refractivity contribution in [1.82, 2.24) is 0 Å². The molecule has 2 N–H and O–H groups in total. The first-order valence-electron chi connectivity index (χ1n) is 6.89. The van der Waals surface area contributed by atoms with Crippen LogP contribution < -0.4 is 15.6 Å². The fourth-order valence-electron chi connectivity index (χ4n) is 1.80. The summed E-state index contributed by atoms with van der Waals surface area (Å²) in [4.78, 5) is 11.5. The van der Waals surface area contributed by atoms with E-state index in [9.17, 15) is 13.6 Å². The van der Waals surface area contributed by atoms with Crippen molar-refractivity contribution in [1.29, 1.82) is 0 Å². The molecule has 5 nitrogen and oxygen atoms in total. The molecule has 0 heterocycles. The number of rotatable bonds is 5. The molecular formula is C16H16F2N2O3. The fraction of sp³-hybridized carbons (Fsp3) is 0.188. The summed E-state index contributed by atoms with van der Waals surface area (Å²) in [5, 5.41) is 0.878. The van der Waals surface area contributed by atoms with Crippen LogP contribution in [0.2, 0.25) is 0 Å². The third-order valence-electron chi connectivity index (χ3n) is 2.97. The first-order chi connectivity index (χ1) is 11.0. The molecule has 0 radical (unpaired) electrons. The quantitative estimate of drug-likeness (QED) is 0.521. The Bertz CT molecular complexity index is 678. The van der Waals surface area contributed by atoms with Crippen molar-refractivity contribution in [3.63, 3.8) is 0 Å². The van der Waals surface area contributed by atoms with E-state index in [-0.39, 0.29) is 13.2 Å². The highest BCUT2D eigenvalue weighted by molar-refractivity contribution is 5.86. The van der Waals surface area contributed by atoms with Gasteiger partial charge in [-0.05, 0) is 48.9 Å². The summed E-state index contributed by atoms with van der Waals surface area (Å²) < 4.78 is 36.2. The van der Waals surface area contributed by atoms with Gasteiger partial charge in [-0.1, -0.05) is 6.07 Å². The van der Waals surface area contributed by atoms with E-state index in [1.165, 1.54) is 6.07 Å². The molecule has 0 fully saturated rings. The number of ether oxygens (including phenoxy) is 2. The summed E-state index contributed by atoms with van der Waals surface area (Å²) in [5.74, 6) is 4.28. The van der Waals surface area contributed by atoms with E-state index in [0.29, 0.717) is 17.0 Å². The third kappa shape index (κ3) is 4.40. The Kier molecular flexibility index (Phi) is 5.48. The van der Waals surface area contributed by atoms with Crippen LogP contribution in [-0.4, -0.2) is 12.7 Å². The van der Waals surface area contributed by atoms with Gasteiger partial charge in [0.1, 0.15) is 12.4 Å². The molecule has 0 aliphatic rings. The highest BCUT2D eigenvalue weighted by Gasteiger charge is 2.12. The topological polar surface area (TPSA) is 64.8 Å². The van der Waals surface area contributed by atoms with Gasteiger partial charge < -0.3 is 9.47 Å². The lowest BCUT2D eigenvalue weighted by molar-refractivity contribution is 0.160. The zero-order valence-electron chi connectivity index (χ0n) is 12.5. The van der Waals surface area contributed by atoms with Crippen molar-refractivity contribution in [2.24, 2.45) is 5.84 Å². The molecule has 0 unspecified atom stereocenters. The normalized spacial score (nSPS) is 10.3. The number of hydrazine groups is 1. The molecule has 7 heteroatoms. The van der Waals surface area contributed by atoms with Crippen molar-refractivity contribution in [2.75, 3.05) is 11.6 Å². The van der Waals surface area contributed by atoms with E-state index < -0.39 is 17.7 Å². The lowest BCUT2D eigenvalue weighted by Crippen LogP contribution is -2.37. The van der Waals surface area contributed by atoms with Crippen molar-refractivity contribution >= 4 is 11.8 Å². The molecule has 122 valence electrons. The van der Waals surface area contributed by atoms with E-state index >= 15 is 0 Å². The van der Waals surface area contributed by atoms with Gasteiger partial charge in [-0.3, -0.25) is 0 Å². The number of carbonyl (C=O) groups is 1. The van der Waals surface area contributed by atoms with Gasteiger partial charge in [0.2, 0.25) is 0 Å². The predicted molar refractivity (Wildman–Crippen MR) is 80.8 cm³/mol. The molecule has 0 spiro atoms. The fourth-order valence-corrected chi connectivity index (χ4v) is 1.80. The highest BCUT2D eigenvalue weighted by atomic mass is 19.2. The van der Waals surface area contributed by atoms with Crippen LogP contribution in [0.3, 0.4) is 0 Å². The number of halogens is 2. The summed E-state index contributed by atoms with van der Waals surface area (Å²) in [6.45, 7) is 1.99. The van der Waals surface area contributed by atoms with E-state index in [1.807, 2.05) is 0 Å². The van der Waals surface area contributed by atoms with Gasteiger partial charge in [0.15, 0.2) is 11.6 Å². The van der Waals surface area contributed by atoms with Gasteiger partial charge in [-0.2, -0.15) is 0 Å². The van der Waals surface area contributed by atoms with Crippen LogP contribution in [-0.2, 0) is 11.3 Å². The zero-order chi connectivity index (χ0) is 16.8. The van der Waals surface area contributed by atoms with Crippen LogP contribution in [0.25, 0.3) is 0 Å². The molecule has 2 rings (SSSR count). The molecular weight excluding hydrogens is 306 g/mol. The van der Waals surface area contributed by atoms with Crippen LogP contribution in [0.4, 0.5) is 19.3 Å². The number of nitrogens with zero attached hydrogens (tertiary/aromatic N) is 1. The molecule has 0 aliphatic carbocycles. The Labute approximate surface area is 132 Å². The van der Waals surface area contributed by atoms with Crippen molar-refractivity contribution in [3.8, 4) is 5.75 Å². The molecule has 2 aromatic carbocycles. The predicted octanol–water partition coefficient (Wildman–Crippen LogP) is 3.38. The molecule has 0 aliphatic heterocycles. The summed E-state index contributed by atoms with van der Waals surface area (Å²) in [6, 6.07) is 9.93. The van der Waals surface area contributed by atoms with Crippen LogP contribution in [0, 0.1) is 11.6 Å². The smallest absolute Gasteiger partial charge is 0.428 e. The summed E-state index contributed by atoms with van der Waals surface area (Å²) in [5.41, 5.74) is 0.934. The number of carbonyl (C=O) groups excluding carboxylic acids is 1. The van der Waals surface area contributed by atoms with E-state index in [2.05, 4.69) is 0 Å². The average Bonchev–Trinajstić information content (AvgIpc) is 2.56. The van der Waals surface area contributed by atoms with Gasteiger partial charge in [-0.25, -0.2) is 24.4 Å². The van der Waals surface area contributed by atoms with Gasteiger partial charge >= 0.3 is 6.09 Å². The van der Waals surface area contributed by atoms with E-state index in [1.54, 1.807) is 31.2 Å². The molecule has 0 saturated heterocycles. The number of nitrogens with two attached hydrogens (primary N) is 1. The van der Waals surface area contributed by atoms with Crippen LogP contribution in [0.1, 0.15) is 12.5 Å². The zero-order valence-corrected chi connectivity index (χ0v) is 12.5. The first kappa shape index (κ1) is 16.7. The Balaban J connectivity index is 1.97. The second kappa shape index (κ2) is 7.55. The Hall–Kier alpha value is -2.67. The molecule has 0 aromatic heterocycles. The number of amides is 1. The maximum Gasteiger partial charge on any atom is 0.428 e. The second-order valence-corrected chi connectivity index (χ2v) is 4.60. The maximum absolute atomic E-state index is 13.1. The van der Waals surface area contributed by atoms with Gasteiger partial charge in [0.05, 0.1) is 12.3 Å². The monoisotopic (exact) mass is 322 g/mol. The average molecular weight is 322 g/mol. The molecule has 2 aromatic rings. The third-order valence-corrected chi connectivity index (χ3v) is 2.97. The minimum Gasteiger partial charge on any atom is -0.489 e. The first-order valence-corrected chi connectivity index (χ1v) is 6.89.